The Kier molecular flexibility index (Phi) is 5.02. The van der Waals surface area contributed by atoms with Crippen molar-refractivity contribution in [2.45, 2.75) is 19.0 Å². The van der Waals surface area contributed by atoms with Crippen LogP contribution in [-0.4, -0.2) is 66.9 Å². The summed E-state index contributed by atoms with van der Waals surface area (Å²) in [5, 5.41) is 12.7. The average molecular weight is 430 g/mol. The van der Waals surface area contributed by atoms with Crippen LogP contribution < -0.4 is 10.2 Å². The van der Waals surface area contributed by atoms with Gasteiger partial charge in [-0.25, -0.2) is 0 Å². The molecule has 2 aromatic rings. The third-order valence-corrected chi connectivity index (χ3v) is 7.20. The molecule has 1 N–H and O–H groups in total. The topological polar surface area (TPSA) is 68.1 Å². The maximum Gasteiger partial charge on any atom is 0.393 e. The Labute approximate surface area is 179 Å². The molecule has 3 fully saturated rings. The lowest BCUT2D eigenvalue weighted by Crippen LogP contribution is -2.61. The average Bonchev–Trinajstić information content (AvgIpc) is 3.17. The van der Waals surface area contributed by atoms with E-state index in [2.05, 4.69) is 26.3 Å². The Bertz CT molecular complexity index is 1000. The number of piperidine rings is 1. The molecule has 1 aromatic carbocycles. The van der Waals surface area contributed by atoms with E-state index in [9.17, 15) is 18.4 Å². The number of hydrogen-bond donors (Lipinski definition) is 1. The number of likely N-dealkylation sites (tertiary alicyclic amines) is 1. The van der Waals surface area contributed by atoms with Crippen LogP contribution in [0, 0.1) is 28.6 Å². The normalized spacial score (nSPS) is 26.2. The third-order valence-electron chi connectivity index (χ3n) is 7.20. The molecule has 3 aliphatic rings. The first-order valence-corrected chi connectivity index (χ1v) is 10.8. The highest BCUT2D eigenvalue weighted by atomic mass is 19.4. The first-order valence-electron chi connectivity index (χ1n) is 10.8. The van der Waals surface area contributed by atoms with Gasteiger partial charge < -0.3 is 15.1 Å². The predicted molar refractivity (Wildman–Crippen MR) is 110 cm³/mol. The number of hydrogen-bond acceptors (Lipinski definition) is 6. The zero-order valence-corrected chi connectivity index (χ0v) is 17.2. The van der Waals surface area contributed by atoms with E-state index >= 15 is 0 Å². The molecule has 164 valence electrons. The third kappa shape index (κ3) is 3.72. The molecule has 0 bridgehead atoms. The molecule has 0 unspecified atom stereocenters. The van der Waals surface area contributed by atoms with E-state index < -0.39 is 18.0 Å². The molecule has 2 atom stereocenters. The fraction of sp³-hybridized carbons (Fsp3) is 0.591. The number of nitrogens with one attached hydrogen (secondary N) is 1. The van der Waals surface area contributed by atoms with Crippen molar-refractivity contribution in [3.05, 3.63) is 30.1 Å². The van der Waals surface area contributed by atoms with Crippen molar-refractivity contribution in [2.75, 3.05) is 50.7 Å². The number of nitriles is 1. The SMILES string of the molecule is N#Cc1ccc(N2C[C@H](CN3CC4(CCNCC4)C3)[C@@H](C(F)(F)F)C2)c2nccnc12. The van der Waals surface area contributed by atoms with Crippen molar-refractivity contribution < 1.29 is 13.2 Å². The second kappa shape index (κ2) is 7.61. The van der Waals surface area contributed by atoms with Gasteiger partial charge in [0.25, 0.3) is 0 Å². The lowest BCUT2D eigenvalue weighted by Gasteiger charge is -2.53. The predicted octanol–water partition coefficient (Wildman–Crippen LogP) is 2.80. The molecular weight excluding hydrogens is 405 g/mol. The van der Waals surface area contributed by atoms with Crippen molar-refractivity contribution in [3.63, 3.8) is 0 Å². The van der Waals surface area contributed by atoms with E-state index in [1.54, 1.807) is 17.0 Å². The second-order valence-electron chi connectivity index (χ2n) is 9.23. The minimum atomic E-state index is -4.25. The van der Waals surface area contributed by atoms with E-state index in [4.69, 9.17) is 0 Å². The zero-order valence-electron chi connectivity index (χ0n) is 17.2. The fourth-order valence-corrected chi connectivity index (χ4v) is 5.65. The number of anilines is 1. The zero-order chi connectivity index (χ0) is 21.6. The molecule has 6 nitrogen and oxygen atoms in total. The highest BCUT2D eigenvalue weighted by molar-refractivity contribution is 5.92. The standard InChI is InChI=1S/C22H25F3N6/c23-22(24,25)17-12-31(18-2-1-15(9-26)19-20(18)29-8-7-28-19)11-16(17)10-30-13-21(14-30)3-5-27-6-4-21/h1-2,7-8,16-17,27H,3-6,10-14H2/t16-,17-/m0/s1. The summed E-state index contributed by atoms with van der Waals surface area (Å²) in [6, 6.07) is 5.42. The van der Waals surface area contributed by atoms with Crippen LogP contribution in [0.25, 0.3) is 11.0 Å². The number of rotatable bonds is 3. The monoisotopic (exact) mass is 430 g/mol. The number of benzene rings is 1. The minimum Gasteiger partial charge on any atom is -0.369 e. The van der Waals surface area contributed by atoms with Gasteiger partial charge in [0.05, 0.1) is 17.2 Å². The van der Waals surface area contributed by atoms with E-state index in [-0.39, 0.29) is 6.54 Å². The first-order chi connectivity index (χ1) is 14.9. The van der Waals surface area contributed by atoms with Gasteiger partial charge in [-0.05, 0) is 43.5 Å². The summed E-state index contributed by atoms with van der Waals surface area (Å²) in [7, 11) is 0. The van der Waals surface area contributed by atoms with Gasteiger partial charge in [0.1, 0.15) is 17.1 Å². The van der Waals surface area contributed by atoms with Gasteiger partial charge in [-0.3, -0.25) is 9.97 Å². The quantitative estimate of drug-likeness (QED) is 0.808. The largest absolute Gasteiger partial charge is 0.393 e. The maximum absolute atomic E-state index is 13.9. The summed E-state index contributed by atoms with van der Waals surface area (Å²) in [4.78, 5) is 12.6. The molecule has 3 aliphatic heterocycles. The second-order valence-corrected chi connectivity index (χ2v) is 9.23. The summed E-state index contributed by atoms with van der Waals surface area (Å²) in [6.45, 7) is 4.52. The van der Waals surface area contributed by atoms with Crippen molar-refractivity contribution in [1.29, 1.82) is 5.26 Å². The summed E-state index contributed by atoms with van der Waals surface area (Å²) < 4.78 is 41.8. The van der Waals surface area contributed by atoms with Crippen LogP contribution in [0.3, 0.4) is 0 Å². The van der Waals surface area contributed by atoms with Crippen molar-refractivity contribution >= 4 is 16.7 Å². The van der Waals surface area contributed by atoms with Gasteiger partial charge in [0.2, 0.25) is 0 Å². The number of nitrogens with zero attached hydrogens (tertiary/aromatic N) is 5. The lowest BCUT2D eigenvalue weighted by atomic mass is 9.72. The molecule has 0 aliphatic carbocycles. The van der Waals surface area contributed by atoms with Crippen LogP contribution in [0.2, 0.25) is 0 Å². The van der Waals surface area contributed by atoms with E-state index in [1.165, 1.54) is 12.4 Å². The van der Waals surface area contributed by atoms with Crippen molar-refractivity contribution in [1.82, 2.24) is 20.2 Å². The Morgan fingerprint density at radius 1 is 1.10 bits per heavy atom. The smallest absolute Gasteiger partial charge is 0.369 e. The molecule has 31 heavy (non-hydrogen) atoms. The van der Waals surface area contributed by atoms with Gasteiger partial charge in [-0.15, -0.1) is 0 Å². The lowest BCUT2D eigenvalue weighted by molar-refractivity contribution is -0.182. The molecule has 1 aromatic heterocycles. The molecule has 0 radical (unpaired) electrons. The van der Waals surface area contributed by atoms with Gasteiger partial charge in [-0.1, -0.05) is 0 Å². The van der Waals surface area contributed by atoms with E-state index in [0.29, 0.717) is 40.8 Å². The fourth-order valence-electron chi connectivity index (χ4n) is 5.65. The number of fused-ring (bicyclic) bond motifs is 1. The Balaban J connectivity index is 1.37. The molecule has 0 amide bonds. The molecule has 5 rings (SSSR count). The summed E-state index contributed by atoms with van der Waals surface area (Å²) in [5.41, 5.74) is 2.22. The summed E-state index contributed by atoms with van der Waals surface area (Å²) >= 11 is 0. The van der Waals surface area contributed by atoms with Gasteiger partial charge in [0, 0.05) is 51.0 Å². The number of alkyl halides is 3. The van der Waals surface area contributed by atoms with E-state index in [0.717, 1.165) is 39.0 Å². The number of aromatic nitrogens is 2. The van der Waals surface area contributed by atoms with Gasteiger partial charge in [0.15, 0.2) is 0 Å². The molecule has 9 heteroatoms. The Hall–Kier alpha value is -2.44. The highest BCUT2D eigenvalue weighted by Crippen LogP contribution is 2.44. The van der Waals surface area contributed by atoms with Crippen LogP contribution in [0.4, 0.5) is 18.9 Å². The summed E-state index contributed by atoms with van der Waals surface area (Å²) in [6.07, 6.45) is 0.988. The highest BCUT2D eigenvalue weighted by Gasteiger charge is 2.52. The number of halogens is 3. The van der Waals surface area contributed by atoms with Crippen molar-refractivity contribution in [3.8, 4) is 6.07 Å². The van der Waals surface area contributed by atoms with Gasteiger partial charge in [-0.2, -0.15) is 18.4 Å². The van der Waals surface area contributed by atoms with Crippen LogP contribution in [0.5, 0.6) is 0 Å². The van der Waals surface area contributed by atoms with Crippen LogP contribution in [0.1, 0.15) is 18.4 Å². The molecule has 4 heterocycles. The maximum atomic E-state index is 13.9. The Morgan fingerprint density at radius 3 is 2.48 bits per heavy atom. The van der Waals surface area contributed by atoms with Crippen LogP contribution in [0.15, 0.2) is 24.5 Å². The van der Waals surface area contributed by atoms with E-state index in [1.807, 2.05) is 0 Å². The first kappa shape index (κ1) is 20.5. The van der Waals surface area contributed by atoms with Gasteiger partial charge >= 0.3 is 6.18 Å². The molecule has 1 spiro atoms. The van der Waals surface area contributed by atoms with Crippen LogP contribution in [-0.2, 0) is 0 Å². The minimum absolute atomic E-state index is 0.0886. The molecule has 0 saturated carbocycles. The van der Waals surface area contributed by atoms with Crippen LogP contribution >= 0.6 is 0 Å². The Morgan fingerprint density at radius 2 is 1.81 bits per heavy atom. The molecular formula is C22H25F3N6. The van der Waals surface area contributed by atoms with Crippen molar-refractivity contribution in [2.24, 2.45) is 17.3 Å². The summed E-state index contributed by atoms with van der Waals surface area (Å²) in [5.74, 6) is -1.86. The molecule has 3 saturated heterocycles.